The van der Waals surface area contributed by atoms with Crippen molar-refractivity contribution in [1.29, 1.82) is 0 Å². The van der Waals surface area contributed by atoms with Crippen molar-refractivity contribution >= 4 is 23.0 Å². The number of nitrogens with one attached hydrogen (secondary N) is 1. The highest BCUT2D eigenvalue weighted by Gasteiger charge is 2.17. The van der Waals surface area contributed by atoms with E-state index in [1.165, 1.54) is 7.11 Å². The number of ether oxygens (including phenoxy) is 2. The molecular formula is C22H22N2O4. The lowest BCUT2D eigenvalue weighted by atomic mass is 10.2. The highest BCUT2D eigenvalue weighted by atomic mass is 16.7. The maximum Gasteiger partial charge on any atom is 0.508 e. The molecule has 144 valence electrons. The molecule has 3 rings (SSSR count). The number of aromatic nitrogens is 1. The summed E-state index contributed by atoms with van der Waals surface area (Å²) in [5.41, 5.74) is 2.50. The predicted molar refractivity (Wildman–Crippen MR) is 107 cm³/mol. The first-order chi connectivity index (χ1) is 13.7. The van der Waals surface area contributed by atoms with Gasteiger partial charge in [-0.1, -0.05) is 54.6 Å². The van der Waals surface area contributed by atoms with Crippen LogP contribution in [-0.2, 0) is 16.0 Å². The van der Waals surface area contributed by atoms with E-state index in [0.29, 0.717) is 18.8 Å². The number of carbonyl (C=O) groups excluding carboxylic acids is 2. The molecule has 6 heteroatoms. The van der Waals surface area contributed by atoms with Gasteiger partial charge in [0.25, 0.3) is 5.91 Å². The number of nitrogens with zero attached hydrogens (tertiary/aromatic N) is 1. The molecule has 0 aliphatic rings. The molecule has 0 saturated carbocycles. The summed E-state index contributed by atoms with van der Waals surface area (Å²) in [5, 5.41) is 0.993. The average molecular weight is 378 g/mol. The summed E-state index contributed by atoms with van der Waals surface area (Å²) in [5.74, 6) is -0.0985. The van der Waals surface area contributed by atoms with Gasteiger partial charge in [-0.05, 0) is 23.8 Å². The standard InChI is InChI=1S/C22H22N2O4/c1-27-22(26)28-14-8-7-13-24(16-17-9-3-2-4-10-17)21(25)20-15-18-11-5-6-12-19(18)23-20/h2-12,15,23H,13-14,16H2,1H3/b8-7+. The monoisotopic (exact) mass is 378 g/mol. The van der Waals surface area contributed by atoms with Crippen LogP contribution in [0, 0.1) is 0 Å². The van der Waals surface area contributed by atoms with Gasteiger partial charge in [-0.2, -0.15) is 0 Å². The van der Waals surface area contributed by atoms with E-state index in [4.69, 9.17) is 4.74 Å². The van der Waals surface area contributed by atoms with Crippen LogP contribution in [0.5, 0.6) is 0 Å². The number of fused-ring (bicyclic) bond motifs is 1. The molecule has 0 aliphatic carbocycles. The Labute approximate surface area is 163 Å². The number of rotatable bonds is 7. The van der Waals surface area contributed by atoms with E-state index in [9.17, 15) is 9.59 Å². The van der Waals surface area contributed by atoms with Crippen LogP contribution < -0.4 is 0 Å². The van der Waals surface area contributed by atoms with E-state index in [2.05, 4.69) is 9.72 Å². The molecule has 2 aromatic carbocycles. The van der Waals surface area contributed by atoms with Gasteiger partial charge in [0, 0.05) is 24.0 Å². The van der Waals surface area contributed by atoms with Crippen molar-refractivity contribution in [3.63, 3.8) is 0 Å². The number of methoxy groups -OCH3 is 1. The first-order valence-electron chi connectivity index (χ1n) is 8.94. The average Bonchev–Trinajstić information content (AvgIpc) is 3.17. The van der Waals surface area contributed by atoms with Crippen molar-refractivity contribution in [3.05, 3.63) is 84.1 Å². The lowest BCUT2D eigenvalue weighted by Crippen LogP contribution is -2.31. The highest BCUT2D eigenvalue weighted by Crippen LogP contribution is 2.17. The molecule has 0 bridgehead atoms. The Balaban J connectivity index is 1.73. The molecule has 3 aromatic rings. The summed E-state index contributed by atoms with van der Waals surface area (Å²) in [7, 11) is 1.26. The van der Waals surface area contributed by atoms with Gasteiger partial charge < -0.3 is 19.4 Å². The second-order valence-electron chi connectivity index (χ2n) is 6.18. The number of amides is 1. The van der Waals surface area contributed by atoms with Gasteiger partial charge in [-0.25, -0.2) is 4.79 Å². The number of benzene rings is 2. The minimum absolute atomic E-state index is 0.0897. The van der Waals surface area contributed by atoms with Crippen molar-refractivity contribution in [1.82, 2.24) is 9.88 Å². The van der Waals surface area contributed by atoms with Gasteiger partial charge >= 0.3 is 6.16 Å². The lowest BCUT2D eigenvalue weighted by molar-refractivity contribution is 0.0751. The fraction of sp³-hybridized carbons (Fsp3) is 0.182. The van der Waals surface area contributed by atoms with Crippen LogP contribution in [0.25, 0.3) is 10.9 Å². The van der Waals surface area contributed by atoms with Gasteiger partial charge in [0.2, 0.25) is 0 Å². The molecule has 0 aliphatic heterocycles. The van der Waals surface area contributed by atoms with Crippen LogP contribution in [0.1, 0.15) is 16.1 Å². The number of aromatic amines is 1. The maximum absolute atomic E-state index is 13.1. The Morgan fingerprint density at radius 3 is 2.54 bits per heavy atom. The van der Waals surface area contributed by atoms with Crippen LogP contribution in [0.4, 0.5) is 4.79 Å². The predicted octanol–water partition coefficient (Wildman–Crippen LogP) is 4.15. The SMILES string of the molecule is COC(=O)OC/C=C/CN(Cc1ccccc1)C(=O)c1cc2ccccc2[nH]1. The molecule has 28 heavy (non-hydrogen) atoms. The van der Waals surface area contributed by atoms with Crippen LogP contribution in [0.2, 0.25) is 0 Å². The van der Waals surface area contributed by atoms with E-state index in [0.717, 1.165) is 16.5 Å². The largest absolute Gasteiger partial charge is 0.508 e. The fourth-order valence-corrected chi connectivity index (χ4v) is 2.83. The summed E-state index contributed by atoms with van der Waals surface area (Å²) < 4.78 is 9.24. The van der Waals surface area contributed by atoms with Crippen molar-refractivity contribution in [3.8, 4) is 0 Å². The molecule has 6 nitrogen and oxygen atoms in total. The summed E-state index contributed by atoms with van der Waals surface area (Å²) in [6.07, 6.45) is 2.75. The van der Waals surface area contributed by atoms with E-state index < -0.39 is 6.16 Å². The zero-order valence-electron chi connectivity index (χ0n) is 15.6. The topological polar surface area (TPSA) is 71.6 Å². The molecule has 1 heterocycles. The Morgan fingerprint density at radius 1 is 1.04 bits per heavy atom. The summed E-state index contributed by atoms with van der Waals surface area (Å²) in [4.78, 5) is 29.0. The van der Waals surface area contributed by atoms with Crippen molar-refractivity contribution in [2.45, 2.75) is 6.54 Å². The van der Waals surface area contributed by atoms with Gasteiger partial charge in [0.05, 0.1) is 7.11 Å². The number of H-pyrrole nitrogens is 1. The third-order valence-electron chi connectivity index (χ3n) is 4.22. The fourth-order valence-electron chi connectivity index (χ4n) is 2.83. The Morgan fingerprint density at radius 2 is 1.79 bits per heavy atom. The van der Waals surface area contributed by atoms with Crippen molar-refractivity contribution in [2.75, 3.05) is 20.3 Å². The number of carbonyl (C=O) groups is 2. The van der Waals surface area contributed by atoms with Gasteiger partial charge in [0.1, 0.15) is 12.3 Å². The highest BCUT2D eigenvalue weighted by molar-refractivity contribution is 5.98. The second-order valence-corrected chi connectivity index (χ2v) is 6.18. The van der Waals surface area contributed by atoms with Crippen LogP contribution >= 0.6 is 0 Å². The molecule has 0 radical (unpaired) electrons. The molecule has 1 N–H and O–H groups in total. The first kappa shape index (κ1) is 19.2. The van der Waals surface area contributed by atoms with Crippen molar-refractivity contribution < 1.29 is 19.1 Å². The number of para-hydroxylation sites is 1. The molecule has 1 amide bonds. The molecule has 1 aromatic heterocycles. The molecular weight excluding hydrogens is 356 g/mol. The summed E-state index contributed by atoms with van der Waals surface area (Å²) >= 11 is 0. The van der Waals surface area contributed by atoms with Gasteiger partial charge in [-0.15, -0.1) is 0 Å². The van der Waals surface area contributed by atoms with E-state index in [-0.39, 0.29) is 12.5 Å². The maximum atomic E-state index is 13.1. The Kier molecular flexibility index (Phi) is 6.46. The molecule has 0 fully saturated rings. The Hall–Kier alpha value is -3.54. The Bertz CT molecular complexity index is 930. The van der Waals surface area contributed by atoms with E-state index >= 15 is 0 Å². The lowest BCUT2D eigenvalue weighted by Gasteiger charge is -2.21. The molecule has 0 saturated heterocycles. The quantitative estimate of drug-likeness (QED) is 0.495. The second kappa shape index (κ2) is 9.41. The van der Waals surface area contributed by atoms with Crippen LogP contribution in [0.3, 0.4) is 0 Å². The van der Waals surface area contributed by atoms with E-state index in [1.54, 1.807) is 17.1 Å². The molecule has 0 unspecified atom stereocenters. The van der Waals surface area contributed by atoms with Crippen molar-refractivity contribution in [2.24, 2.45) is 0 Å². The van der Waals surface area contributed by atoms with E-state index in [1.807, 2.05) is 60.7 Å². The number of hydrogen-bond acceptors (Lipinski definition) is 4. The van der Waals surface area contributed by atoms with Gasteiger partial charge in [0.15, 0.2) is 0 Å². The zero-order valence-corrected chi connectivity index (χ0v) is 15.6. The number of hydrogen-bond donors (Lipinski definition) is 1. The molecule has 0 atom stereocenters. The third-order valence-corrected chi connectivity index (χ3v) is 4.22. The third kappa shape index (κ3) is 5.01. The smallest absolute Gasteiger partial charge is 0.438 e. The minimum Gasteiger partial charge on any atom is -0.438 e. The summed E-state index contributed by atoms with van der Waals surface area (Å²) in [6, 6.07) is 19.4. The van der Waals surface area contributed by atoms with Crippen LogP contribution in [0.15, 0.2) is 72.8 Å². The normalized spacial score (nSPS) is 10.9. The zero-order chi connectivity index (χ0) is 19.8. The minimum atomic E-state index is -0.736. The first-order valence-corrected chi connectivity index (χ1v) is 8.94. The molecule has 0 spiro atoms. The van der Waals surface area contributed by atoms with Gasteiger partial charge in [-0.3, -0.25) is 4.79 Å². The van der Waals surface area contributed by atoms with Crippen LogP contribution in [-0.4, -0.2) is 42.2 Å². The summed E-state index contributed by atoms with van der Waals surface area (Å²) in [6.45, 7) is 0.942.